The van der Waals surface area contributed by atoms with Crippen molar-refractivity contribution in [2.75, 3.05) is 25.0 Å². The van der Waals surface area contributed by atoms with Crippen LogP contribution in [-0.2, 0) is 10.0 Å². The summed E-state index contributed by atoms with van der Waals surface area (Å²) in [6, 6.07) is 1.94. The van der Waals surface area contributed by atoms with Gasteiger partial charge in [0.2, 0.25) is 16.0 Å². The molecule has 1 aromatic rings. The predicted molar refractivity (Wildman–Crippen MR) is 75.5 cm³/mol. The highest BCUT2D eigenvalue weighted by atomic mass is 32.2. The molecule has 0 saturated carbocycles. The van der Waals surface area contributed by atoms with E-state index in [1.807, 2.05) is 13.0 Å². The van der Waals surface area contributed by atoms with E-state index in [1.165, 1.54) is 16.7 Å². The molecule has 0 unspecified atom stereocenters. The van der Waals surface area contributed by atoms with Crippen molar-refractivity contribution in [2.24, 2.45) is 0 Å². The van der Waals surface area contributed by atoms with E-state index < -0.39 is 10.0 Å². The zero-order valence-corrected chi connectivity index (χ0v) is 12.5. The summed E-state index contributed by atoms with van der Waals surface area (Å²) in [5, 5.41) is 11.5. The minimum Gasteiger partial charge on any atom is -0.354 e. The molecule has 0 spiro atoms. The molecular formula is C12H19N5O2S. The molecule has 0 bridgehead atoms. The Morgan fingerprint density at radius 2 is 2.00 bits per heavy atom. The third-order valence-corrected chi connectivity index (χ3v) is 4.55. The molecule has 1 heterocycles. The lowest BCUT2D eigenvalue weighted by Gasteiger charge is -2.18. The molecule has 0 amide bonds. The van der Waals surface area contributed by atoms with Gasteiger partial charge in [-0.25, -0.2) is 18.4 Å². The minimum atomic E-state index is -3.63. The van der Waals surface area contributed by atoms with Crippen LogP contribution >= 0.6 is 0 Å². The summed E-state index contributed by atoms with van der Waals surface area (Å²) < 4.78 is 25.9. The largest absolute Gasteiger partial charge is 0.354 e. The number of nitrogens with one attached hydrogen (secondary N) is 1. The predicted octanol–water partition coefficient (Wildman–Crippen LogP) is 1.22. The minimum absolute atomic E-state index is 0.0411. The van der Waals surface area contributed by atoms with Gasteiger partial charge in [0.1, 0.15) is 4.90 Å². The average Bonchev–Trinajstić information content (AvgIpc) is 2.46. The van der Waals surface area contributed by atoms with Crippen LogP contribution in [0.25, 0.3) is 0 Å². The van der Waals surface area contributed by atoms with Crippen LogP contribution in [0.15, 0.2) is 17.3 Å². The summed E-state index contributed by atoms with van der Waals surface area (Å²) in [6.45, 7) is 4.95. The molecule has 1 rings (SSSR count). The second-order valence-electron chi connectivity index (χ2n) is 4.07. The first kappa shape index (κ1) is 16.3. The maximum atomic E-state index is 12.3. The molecule has 110 valence electrons. The number of rotatable bonds is 8. The summed E-state index contributed by atoms with van der Waals surface area (Å²) in [6.07, 6.45) is 3.66. The maximum Gasteiger partial charge on any atom is 0.246 e. The van der Waals surface area contributed by atoms with Gasteiger partial charge in [0.25, 0.3) is 0 Å². The summed E-state index contributed by atoms with van der Waals surface area (Å²) in [7, 11) is -3.63. The van der Waals surface area contributed by atoms with E-state index in [-0.39, 0.29) is 17.9 Å². The third kappa shape index (κ3) is 4.15. The Balaban J connectivity index is 2.88. The number of hydrogen-bond donors (Lipinski definition) is 1. The first-order valence-corrected chi connectivity index (χ1v) is 7.93. The highest BCUT2D eigenvalue weighted by Gasteiger charge is 2.23. The van der Waals surface area contributed by atoms with Crippen molar-refractivity contribution in [3.63, 3.8) is 0 Å². The summed E-state index contributed by atoms with van der Waals surface area (Å²) in [5.74, 6) is 0.408. The Labute approximate surface area is 119 Å². The molecule has 1 N–H and O–H groups in total. The fraction of sp³-hybridized carbons (Fsp3) is 0.583. The van der Waals surface area contributed by atoms with E-state index in [1.54, 1.807) is 6.92 Å². The van der Waals surface area contributed by atoms with Gasteiger partial charge in [0.05, 0.1) is 18.5 Å². The van der Waals surface area contributed by atoms with Crippen LogP contribution in [-0.4, -0.2) is 42.3 Å². The van der Waals surface area contributed by atoms with Crippen LogP contribution in [0.4, 0.5) is 5.95 Å². The standard InChI is InChI=1S/C12H19N5O2S/c1-3-7-14-12-15-9-11(10-16-12)20(18,19)17(4-2)8-5-6-13/h9-10H,3-5,7-8H2,1-2H3,(H,14,15,16). The fourth-order valence-corrected chi connectivity index (χ4v) is 2.89. The Hall–Kier alpha value is -1.72. The van der Waals surface area contributed by atoms with Gasteiger partial charge in [-0.05, 0) is 6.42 Å². The molecule has 0 aliphatic carbocycles. The van der Waals surface area contributed by atoms with Gasteiger partial charge in [-0.15, -0.1) is 0 Å². The topological polar surface area (TPSA) is 99.0 Å². The van der Waals surface area contributed by atoms with Crippen molar-refractivity contribution >= 4 is 16.0 Å². The van der Waals surface area contributed by atoms with Crippen molar-refractivity contribution in [1.82, 2.24) is 14.3 Å². The molecule has 7 nitrogen and oxygen atoms in total. The number of aromatic nitrogens is 2. The van der Waals surface area contributed by atoms with E-state index >= 15 is 0 Å². The van der Waals surface area contributed by atoms with E-state index in [9.17, 15) is 8.42 Å². The molecule has 0 radical (unpaired) electrons. The van der Waals surface area contributed by atoms with Crippen LogP contribution < -0.4 is 5.32 Å². The quantitative estimate of drug-likeness (QED) is 0.774. The number of hydrogen-bond acceptors (Lipinski definition) is 6. The van der Waals surface area contributed by atoms with Crippen LogP contribution in [0.1, 0.15) is 26.7 Å². The highest BCUT2D eigenvalue weighted by Crippen LogP contribution is 2.14. The van der Waals surface area contributed by atoms with Crippen molar-refractivity contribution in [2.45, 2.75) is 31.6 Å². The molecule has 20 heavy (non-hydrogen) atoms. The first-order valence-electron chi connectivity index (χ1n) is 6.49. The molecule has 0 saturated heterocycles. The van der Waals surface area contributed by atoms with E-state index in [0.717, 1.165) is 13.0 Å². The van der Waals surface area contributed by atoms with Gasteiger partial charge in [-0.2, -0.15) is 9.57 Å². The second-order valence-corrected chi connectivity index (χ2v) is 6.01. The van der Waals surface area contributed by atoms with E-state index in [4.69, 9.17) is 5.26 Å². The van der Waals surface area contributed by atoms with Crippen molar-refractivity contribution in [3.05, 3.63) is 12.4 Å². The normalized spacial score (nSPS) is 11.3. The Morgan fingerprint density at radius 3 is 2.50 bits per heavy atom. The Morgan fingerprint density at radius 1 is 1.35 bits per heavy atom. The first-order chi connectivity index (χ1) is 9.56. The molecule has 0 fully saturated rings. The van der Waals surface area contributed by atoms with Gasteiger partial charge in [-0.1, -0.05) is 13.8 Å². The summed E-state index contributed by atoms with van der Waals surface area (Å²) in [4.78, 5) is 8.01. The van der Waals surface area contributed by atoms with E-state index in [0.29, 0.717) is 12.5 Å². The van der Waals surface area contributed by atoms with Crippen LogP contribution in [0.5, 0.6) is 0 Å². The smallest absolute Gasteiger partial charge is 0.246 e. The van der Waals surface area contributed by atoms with E-state index in [2.05, 4.69) is 15.3 Å². The molecule has 1 aromatic heterocycles. The lowest BCUT2D eigenvalue weighted by atomic mass is 10.5. The van der Waals surface area contributed by atoms with Crippen molar-refractivity contribution in [1.29, 1.82) is 5.26 Å². The van der Waals surface area contributed by atoms with Crippen LogP contribution in [0, 0.1) is 11.3 Å². The number of nitrogens with zero attached hydrogens (tertiary/aromatic N) is 4. The number of sulfonamides is 1. The highest BCUT2D eigenvalue weighted by molar-refractivity contribution is 7.89. The van der Waals surface area contributed by atoms with Crippen LogP contribution in [0.2, 0.25) is 0 Å². The number of anilines is 1. The molecular weight excluding hydrogens is 278 g/mol. The van der Waals surface area contributed by atoms with Crippen molar-refractivity contribution < 1.29 is 8.42 Å². The molecule has 0 aromatic carbocycles. The van der Waals surface area contributed by atoms with Gasteiger partial charge >= 0.3 is 0 Å². The Bertz CT molecular complexity index is 550. The lowest BCUT2D eigenvalue weighted by Crippen LogP contribution is -2.32. The SMILES string of the molecule is CCCNc1ncc(S(=O)(=O)N(CC)CCC#N)cn1. The molecule has 0 atom stereocenters. The zero-order valence-electron chi connectivity index (χ0n) is 11.7. The average molecular weight is 297 g/mol. The van der Waals surface area contributed by atoms with Crippen LogP contribution in [0.3, 0.4) is 0 Å². The van der Waals surface area contributed by atoms with Crippen molar-refractivity contribution in [3.8, 4) is 6.07 Å². The van der Waals surface area contributed by atoms with Gasteiger partial charge in [-0.3, -0.25) is 0 Å². The number of nitriles is 1. The molecule has 0 aliphatic heterocycles. The van der Waals surface area contributed by atoms with Gasteiger partial charge < -0.3 is 5.32 Å². The maximum absolute atomic E-state index is 12.3. The monoisotopic (exact) mass is 297 g/mol. The lowest BCUT2D eigenvalue weighted by molar-refractivity contribution is 0.434. The molecule has 8 heteroatoms. The molecule has 0 aliphatic rings. The van der Waals surface area contributed by atoms with Gasteiger partial charge in [0, 0.05) is 26.1 Å². The van der Waals surface area contributed by atoms with Gasteiger partial charge in [0.15, 0.2) is 0 Å². The third-order valence-electron chi connectivity index (χ3n) is 2.62. The second kappa shape index (κ2) is 7.77. The Kier molecular flexibility index (Phi) is 6.35. The summed E-state index contributed by atoms with van der Waals surface area (Å²) in [5.41, 5.74) is 0. The zero-order chi connectivity index (χ0) is 15.0. The fourth-order valence-electron chi connectivity index (χ4n) is 1.55. The summed E-state index contributed by atoms with van der Waals surface area (Å²) >= 11 is 0.